The van der Waals surface area contributed by atoms with Crippen LogP contribution in [0.15, 0.2) is 46.8 Å². The Bertz CT molecular complexity index is 1480. The van der Waals surface area contributed by atoms with Crippen molar-refractivity contribution in [1.82, 2.24) is 34.3 Å². The molecule has 4 aromatic rings. The summed E-state index contributed by atoms with van der Waals surface area (Å²) in [6.07, 6.45) is 4.98. The molecule has 0 N–H and O–H groups in total. The highest BCUT2D eigenvalue weighted by molar-refractivity contribution is 6.34. The number of aromatic nitrogens is 5. The van der Waals surface area contributed by atoms with Crippen LogP contribution in [-0.4, -0.2) is 53.3 Å². The summed E-state index contributed by atoms with van der Waals surface area (Å²) in [5.74, 6) is -2.48. The van der Waals surface area contributed by atoms with Crippen LogP contribution in [0.25, 0.3) is 10.9 Å². The fourth-order valence-corrected chi connectivity index (χ4v) is 3.92. The minimum Gasteiger partial charge on any atom is -0.337 e. The zero-order chi connectivity index (χ0) is 24.7. The van der Waals surface area contributed by atoms with Crippen molar-refractivity contribution in [3.05, 3.63) is 70.7 Å². The molecule has 0 amide bonds. The van der Waals surface area contributed by atoms with Crippen molar-refractivity contribution in [1.29, 1.82) is 0 Å². The molecule has 9 nitrogen and oxygen atoms in total. The molecular weight excluding hydrogens is 483 g/mol. The number of rotatable bonds is 5. The first-order valence-corrected chi connectivity index (χ1v) is 10.9. The van der Waals surface area contributed by atoms with Crippen LogP contribution in [0.4, 0.5) is 18.9 Å². The number of hydrogen-bond acceptors (Lipinski definition) is 5. The second-order valence-electron chi connectivity index (χ2n) is 8.10. The highest BCUT2D eigenvalue weighted by atomic mass is 35.5. The summed E-state index contributed by atoms with van der Waals surface area (Å²) in [6, 6.07) is 4.83. The third-order valence-corrected chi connectivity index (χ3v) is 5.62. The lowest BCUT2D eigenvalue weighted by Crippen LogP contribution is -2.44. The maximum atomic E-state index is 14.4. The molecule has 1 aliphatic rings. The standard InChI is InChI=1S/C22H19ClF3N9/c1-32-7-14-4-20(15(23)5-19(14)30-32)29-22-28-11-34(9-21-27-10-33(2)31-21)12-35(22)8-13-3-17(25)18(26)6-16(13)24/h3-7,10-11H,8-9,12H2,1-2H3. The Labute approximate surface area is 202 Å². The van der Waals surface area contributed by atoms with Gasteiger partial charge in [0.25, 0.3) is 0 Å². The monoisotopic (exact) mass is 501 g/mol. The van der Waals surface area contributed by atoms with Gasteiger partial charge in [-0.3, -0.25) is 9.36 Å². The Morgan fingerprint density at radius 3 is 2.54 bits per heavy atom. The van der Waals surface area contributed by atoms with Gasteiger partial charge in [0.2, 0.25) is 5.96 Å². The van der Waals surface area contributed by atoms with E-state index < -0.39 is 17.5 Å². The van der Waals surface area contributed by atoms with Crippen LogP contribution in [0, 0.1) is 17.5 Å². The molecule has 0 unspecified atom stereocenters. The maximum Gasteiger partial charge on any atom is 0.229 e. The van der Waals surface area contributed by atoms with Gasteiger partial charge < -0.3 is 9.80 Å². The van der Waals surface area contributed by atoms with Crippen molar-refractivity contribution in [2.24, 2.45) is 24.1 Å². The lowest BCUT2D eigenvalue weighted by Gasteiger charge is -2.33. The summed E-state index contributed by atoms with van der Waals surface area (Å²) in [4.78, 5) is 16.6. The van der Waals surface area contributed by atoms with Crippen molar-refractivity contribution in [2.45, 2.75) is 13.1 Å². The zero-order valence-electron chi connectivity index (χ0n) is 18.7. The van der Waals surface area contributed by atoms with Crippen LogP contribution in [0.5, 0.6) is 0 Å². The first-order chi connectivity index (χ1) is 16.7. The van der Waals surface area contributed by atoms with Crippen molar-refractivity contribution in [3.63, 3.8) is 0 Å². The molecule has 0 fully saturated rings. The van der Waals surface area contributed by atoms with Crippen molar-refractivity contribution in [3.8, 4) is 0 Å². The van der Waals surface area contributed by atoms with E-state index in [4.69, 9.17) is 11.6 Å². The van der Waals surface area contributed by atoms with Gasteiger partial charge in [0, 0.05) is 37.3 Å². The van der Waals surface area contributed by atoms with Crippen LogP contribution >= 0.6 is 11.6 Å². The highest BCUT2D eigenvalue weighted by Gasteiger charge is 2.23. The third kappa shape index (κ3) is 4.83. The van der Waals surface area contributed by atoms with E-state index in [9.17, 15) is 13.2 Å². The van der Waals surface area contributed by atoms with E-state index in [0.717, 1.165) is 11.5 Å². The van der Waals surface area contributed by atoms with E-state index in [1.54, 1.807) is 58.1 Å². The second kappa shape index (κ2) is 9.02. The van der Waals surface area contributed by atoms with Crippen LogP contribution in [0.2, 0.25) is 5.02 Å². The van der Waals surface area contributed by atoms with E-state index >= 15 is 0 Å². The number of hydrogen-bond donors (Lipinski definition) is 0. The van der Waals surface area contributed by atoms with Gasteiger partial charge in [0.1, 0.15) is 12.1 Å². The van der Waals surface area contributed by atoms with E-state index in [1.165, 1.54) is 0 Å². The second-order valence-corrected chi connectivity index (χ2v) is 8.51. The first kappa shape index (κ1) is 22.8. The number of halogens is 4. The quantitative estimate of drug-likeness (QED) is 0.389. The molecule has 0 spiro atoms. The predicted octanol–water partition coefficient (Wildman–Crippen LogP) is 3.76. The van der Waals surface area contributed by atoms with Gasteiger partial charge in [0.15, 0.2) is 17.5 Å². The molecule has 13 heteroatoms. The smallest absolute Gasteiger partial charge is 0.229 e. The lowest BCUT2D eigenvalue weighted by atomic mass is 10.2. The van der Waals surface area contributed by atoms with Gasteiger partial charge in [-0.25, -0.2) is 28.1 Å². The van der Waals surface area contributed by atoms with Crippen molar-refractivity contribution in [2.75, 3.05) is 6.67 Å². The number of aliphatic imine (C=N–C) groups is 2. The van der Waals surface area contributed by atoms with E-state index in [1.807, 2.05) is 6.20 Å². The fourth-order valence-electron chi connectivity index (χ4n) is 3.72. The van der Waals surface area contributed by atoms with E-state index in [0.29, 0.717) is 34.7 Å². The average molecular weight is 502 g/mol. The van der Waals surface area contributed by atoms with Gasteiger partial charge >= 0.3 is 0 Å². The summed E-state index contributed by atoms with van der Waals surface area (Å²) in [7, 11) is 3.56. The van der Waals surface area contributed by atoms with Crippen LogP contribution < -0.4 is 0 Å². The third-order valence-electron chi connectivity index (χ3n) is 5.32. The number of fused-ring (bicyclic) bond motifs is 1. The maximum absolute atomic E-state index is 14.4. The topological polar surface area (TPSA) is 79.7 Å². The minimum absolute atomic E-state index is 0.0431. The highest BCUT2D eigenvalue weighted by Crippen LogP contribution is 2.31. The van der Waals surface area contributed by atoms with Crippen molar-refractivity contribution >= 4 is 40.5 Å². The zero-order valence-corrected chi connectivity index (χ0v) is 19.5. The summed E-state index contributed by atoms with van der Waals surface area (Å²) in [5.41, 5.74) is 1.11. The molecule has 0 bridgehead atoms. The fraction of sp³-hybridized carbons (Fsp3) is 0.227. The molecule has 0 atom stereocenters. The number of guanidine groups is 1. The van der Waals surface area contributed by atoms with Gasteiger partial charge in [0.05, 0.1) is 42.3 Å². The molecule has 2 aromatic carbocycles. The lowest BCUT2D eigenvalue weighted by molar-refractivity contribution is 0.247. The predicted molar refractivity (Wildman–Crippen MR) is 125 cm³/mol. The first-order valence-electron chi connectivity index (χ1n) is 10.5. The molecule has 0 aliphatic carbocycles. The van der Waals surface area contributed by atoms with E-state index in [-0.39, 0.29) is 24.7 Å². The van der Waals surface area contributed by atoms with Gasteiger partial charge in [-0.1, -0.05) is 11.6 Å². The number of nitrogens with zero attached hydrogens (tertiary/aromatic N) is 9. The molecule has 35 heavy (non-hydrogen) atoms. The molecule has 0 saturated carbocycles. The number of aryl methyl sites for hydroxylation is 2. The molecule has 0 saturated heterocycles. The molecule has 2 aromatic heterocycles. The largest absolute Gasteiger partial charge is 0.337 e. The van der Waals surface area contributed by atoms with E-state index in [2.05, 4.69) is 25.2 Å². The Hall–Kier alpha value is -3.93. The Balaban J connectivity index is 1.51. The Morgan fingerprint density at radius 1 is 0.971 bits per heavy atom. The molecule has 180 valence electrons. The van der Waals surface area contributed by atoms with Crippen LogP contribution in [0.3, 0.4) is 0 Å². The van der Waals surface area contributed by atoms with Gasteiger partial charge in [-0.15, -0.1) is 0 Å². The van der Waals surface area contributed by atoms with Gasteiger partial charge in [-0.2, -0.15) is 10.2 Å². The normalized spacial score (nSPS) is 15.1. The average Bonchev–Trinajstić information content (AvgIpc) is 3.37. The van der Waals surface area contributed by atoms with Crippen molar-refractivity contribution < 1.29 is 13.2 Å². The van der Waals surface area contributed by atoms with Crippen LogP contribution in [-0.2, 0) is 27.2 Å². The summed E-state index contributed by atoms with van der Waals surface area (Å²) < 4.78 is 45.0. The van der Waals surface area contributed by atoms with Crippen LogP contribution in [0.1, 0.15) is 11.4 Å². The Morgan fingerprint density at radius 2 is 1.77 bits per heavy atom. The minimum atomic E-state index is -1.25. The summed E-state index contributed by atoms with van der Waals surface area (Å²) in [6.45, 7) is 0.431. The Kier molecular flexibility index (Phi) is 5.89. The van der Waals surface area contributed by atoms with Gasteiger partial charge in [-0.05, 0) is 18.2 Å². The molecular formula is C22H19ClF3N9. The molecule has 3 heterocycles. The molecule has 5 rings (SSSR count). The molecule has 1 aliphatic heterocycles. The summed E-state index contributed by atoms with van der Waals surface area (Å²) in [5, 5.41) is 9.77. The SMILES string of the molecule is Cn1cnc(CN2C=NC(=Nc3cc4cn(C)nc4cc3Cl)N(Cc3cc(F)c(F)cc3F)C2)n1. The summed E-state index contributed by atoms with van der Waals surface area (Å²) >= 11 is 6.43. The number of benzene rings is 2. The molecule has 0 radical (unpaired) electrons.